The van der Waals surface area contributed by atoms with E-state index in [4.69, 9.17) is 14.3 Å². The molecule has 26 heavy (non-hydrogen) atoms. The molecule has 0 saturated carbocycles. The van der Waals surface area contributed by atoms with Crippen LogP contribution in [0.25, 0.3) is 0 Å². The van der Waals surface area contributed by atoms with E-state index in [1.165, 1.54) is 17.4 Å². The van der Waals surface area contributed by atoms with Crippen LogP contribution in [-0.2, 0) is 9.59 Å². The van der Waals surface area contributed by atoms with Gasteiger partial charge >= 0.3 is 5.97 Å². The Morgan fingerprint density at radius 2 is 2.15 bits per heavy atom. The number of aliphatic carboxylic acids is 1. The second-order valence-corrected chi connectivity index (χ2v) is 6.39. The third-order valence-corrected chi connectivity index (χ3v) is 4.62. The minimum Gasteiger partial charge on any atom is -0.497 e. The average Bonchev–Trinajstić information content (AvgIpc) is 3.24. The first-order chi connectivity index (χ1) is 12.6. The van der Waals surface area contributed by atoms with Gasteiger partial charge in [0.05, 0.1) is 31.7 Å². The van der Waals surface area contributed by atoms with E-state index in [2.05, 4.69) is 10.2 Å². The van der Waals surface area contributed by atoms with Crippen molar-refractivity contribution < 1.29 is 23.8 Å². The largest absolute Gasteiger partial charge is 0.497 e. The summed E-state index contributed by atoms with van der Waals surface area (Å²) in [7, 11) is 1.55. The average molecular weight is 373 g/mol. The Morgan fingerprint density at radius 3 is 2.77 bits per heavy atom. The number of ether oxygens (including phenoxy) is 1. The number of carbonyl (C=O) groups is 2. The molecule has 1 aliphatic rings. The Labute approximate surface area is 153 Å². The zero-order valence-electron chi connectivity index (χ0n) is 13.7. The van der Waals surface area contributed by atoms with E-state index in [-0.39, 0.29) is 12.3 Å². The van der Waals surface area contributed by atoms with E-state index in [1.807, 2.05) is 0 Å². The first-order valence-electron chi connectivity index (χ1n) is 7.59. The van der Waals surface area contributed by atoms with Gasteiger partial charge in [0.2, 0.25) is 5.91 Å². The molecule has 0 spiro atoms. The van der Waals surface area contributed by atoms with Gasteiger partial charge in [-0.05, 0) is 36.4 Å². The normalized spacial score (nSPS) is 18.8. The highest BCUT2D eigenvalue weighted by Crippen LogP contribution is 2.34. The van der Waals surface area contributed by atoms with Gasteiger partial charge in [-0.1, -0.05) is 11.8 Å². The Hall–Kier alpha value is -3.07. The van der Waals surface area contributed by atoms with E-state index in [0.717, 1.165) is 11.8 Å². The highest BCUT2D eigenvalue weighted by molar-refractivity contribution is 8.16. The number of amides is 1. The number of carboxylic acids is 1. The zero-order chi connectivity index (χ0) is 18.5. The lowest BCUT2D eigenvalue weighted by Crippen LogP contribution is -2.32. The summed E-state index contributed by atoms with van der Waals surface area (Å²) in [5.74, 6) is -0.244. The fourth-order valence-electron chi connectivity index (χ4n) is 2.29. The van der Waals surface area contributed by atoms with Gasteiger partial charge in [-0.2, -0.15) is 5.10 Å². The third kappa shape index (κ3) is 3.94. The molecule has 1 saturated heterocycles. The van der Waals surface area contributed by atoms with Crippen LogP contribution >= 0.6 is 11.8 Å². The molecule has 1 atom stereocenters. The minimum absolute atomic E-state index is 0.295. The lowest BCUT2D eigenvalue weighted by Gasteiger charge is -2.16. The van der Waals surface area contributed by atoms with Crippen molar-refractivity contribution >= 4 is 40.7 Å². The Balaban J connectivity index is 1.89. The van der Waals surface area contributed by atoms with Crippen LogP contribution < -0.4 is 9.64 Å². The summed E-state index contributed by atoms with van der Waals surface area (Å²) in [4.78, 5) is 25.0. The van der Waals surface area contributed by atoms with Crippen LogP contribution in [0.5, 0.6) is 5.75 Å². The molecule has 1 N–H and O–H groups in total. The van der Waals surface area contributed by atoms with Gasteiger partial charge in [-0.3, -0.25) is 14.5 Å². The number of amidine groups is 1. The lowest BCUT2D eigenvalue weighted by atomic mass is 10.2. The monoisotopic (exact) mass is 373 g/mol. The third-order valence-electron chi connectivity index (χ3n) is 3.50. The molecule has 134 valence electrons. The number of nitrogens with zero attached hydrogens (tertiary/aromatic N) is 3. The topological polar surface area (TPSA) is 105 Å². The van der Waals surface area contributed by atoms with Gasteiger partial charge < -0.3 is 14.3 Å². The van der Waals surface area contributed by atoms with Gasteiger partial charge in [0.25, 0.3) is 0 Å². The second-order valence-electron chi connectivity index (χ2n) is 5.22. The molecule has 0 radical (unpaired) electrons. The number of carboxylic acid groups (broad SMARTS) is 1. The molecule has 1 aromatic carbocycles. The lowest BCUT2D eigenvalue weighted by molar-refractivity contribution is -0.138. The summed E-state index contributed by atoms with van der Waals surface area (Å²) in [6.07, 6.45) is 2.63. The van der Waals surface area contributed by atoms with Crippen LogP contribution in [0, 0.1) is 0 Å². The van der Waals surface area contributed by atoms with E-state index in [1.54, 1.807) is 43.5 Å². The fourth-order valence-corrected chi connectivity index (χ4v) is 3.38. The molecule has 3 rings (SSSR count). The SMILES string of the molecule is COc1ccc(N2C(=O)C(CC(=O)O)S/C2=N/N=C\c2ccco2)cc1. The molecular formula is C17H15N3O5S. The number of hydrogen-bond donors (Lipinski definition) is 1. The molecular weight excluding hydrogens is 358 g/mol. The number of benzene rings is 1. The van der Waals surface area contributed by atoms with Crippen LogP contribution in [0.4, 0.5) is 5.69 Å². The highest BCUT2D eigenvalue weighted by Gasteiger charge is 2.40. The van der Waals surface area contributed by atoms with E-state index in [9.17, 15) is 9.59 Å². The van der Waals surface area contributed by atoms with E-state index >= 15 is 0 Å². The Bertz CT molecular complexity index is 846. The molecule has 9 heteroatoms. The van der Waals surface area contributed by atoms with Crippen LogP contribution in [-0.4, -0.2) is 40.7 Å². The summed E-state index contributed by atoms with van der Waals surface area (Å²) in [6, 6.07) is 10.3. The van der Waals surface area contributed by atoms with Crippen LogP contribution in [0.2, 0.25) is 0 Å². The van der Waals surface area contributed by atoms with Crippen molar-refractivity contribution in [3.05, 3.63) is 48.4 Å². The Kier molecular flexibility index (Phi) is 5.37. The Morgan fingerprint density at radius 1 is 1.38 bits per heavy atom. The zero-order valence-corrected chi connectivity index (χ0v) is 14.5. The smallest absolute Gasteiger partial charge is 0.305 e. The first-order valence-corrected chi connectivity index (χ1v) is 8.47. The van der Waals surface area contributed by atoms with Crippen LogP contribution in [0.1, 0.15) is 12.2 Å². The molecule has 2 heterocycles. The number of furan rings is 1. The maximum atomic E-state index is 12.7. The molecule has 8 nitrogen and oxygen atoms in total. The number of anilines is 1. The van der Waals surface area contributed by atoms with Gasteiger partial charge in [-0.25, -0.2) is 0 Å². The number of thioether (sulfide) groups is 1. The van der Waals surface area contributed by atoms with Crippen molar-refractivity contribution in [2.24, 2.45) is 10.2 Å². The summed E-state index contributed by atoms with van der Waals surface area (Å²) in [5.41, 5.74) is 0.558. The van der Waals surface area contributed by atoms with E-state index in [0.29, 0.717) is 22.4 Å². The van der Waals surface area contributed by atoms with Gasteiger partial charge in [0.15, 0.2) is 5.17 Å². The van der Waals surface area contributed by atoms with Crippen molar-refractivity contribution in [2.45, 2.75) is 11.7 Å². The van der Waals surface area contributed by atoms with Crippen LogP contribution in [0.3, 0.4) is 0 Å². The summed E-state index contributed by atoms with van der Waals surface area (Å²) in [6.45, 7) is 0. The molecule has 0 aliphatic carbocycles. The van der Waals surface area contributed by atoms with Crippen molar-refractivity contribution in [1.29, 1.82) is 0 Å². The number of methoxy groups -OCH3 is 1. The van der Waals surface area contributed by atoms with Crippen LogP contribution in [0.15, 0.2) is 57.3 Å². The van der Waals surface area contributed by atoms with Gasteiger partial charge in [-0.15, -0.1) is 5.10 Å². The number of carbonyl (C=O) groups excluding carboxylic acids is 1. The minimum atomic E-state index is -1.05. The predicted octanol–water partition coefficient (Wildman–Crippen LogP) is 2.60. The summed E-state index contributed by atoms with van der Waals surface area (Å²) in [5, 5.41) is 16.6. The maximum Gasteiger partial charge on any atom is 0.305 e. The molecule has 1 unspecified atom stereocenters. The predicted molar refractivity (Wildman–Crippen MR) is 97.8 cm³/mol. The summed E-state index contributed by atoms with van der Waals surface area (Å²) >= 11 is 1.07. The number of hydrogen-bond acceptors (Lipinski definition) is 7. The maximum absolute atomic E-state index is 12.7. The molecule has 1 fully saturated rings. The summed E-state index contributed by atoms with van der Waals surface area (Å²) < 4.78 is 10.2. The van der Waals surface area contributed by atoms with Gasteiger partial charge in [0, 0.05) is 0 Å². The fraction of sp³-hybridized carbons (Fsp3) is 0.176. The van der Waals surface area contributed by atoms with Crippen molar-refractivity contribution in [3.8, 4) is 5.75 Å². The molecule has 1 aliphatic heterocycles. The highest BCUT2D eigenvalue weighted by atomic mass is 32.2. The standard InChI is InChI=1S/C17H15N3O5S/c1-24-12-6-4-11(5-7-12)20-16(23)14(9-15(21)22)26-17(20)19-18-10-13-3-2-8-25-13/h2-8,10,14H,9H2,1H3,(H,21,22)/b18-10-,19-17+. The molecule has 1 amide bonds. The van der Waals surface area contributed by atoms with Gasteiger partial charge in [0.1, 0.15) is 16.8 Å². The quantitative estimate of drug-likeness (QED) is 0.616. The molecule has 2 aromatic rings. The molecule has 1 aromatic heterocycles. The molecule has 0 bridgehead atoms. The van der Waals surface area contributed by atoms with Crippen molar-refractivity contribution in [3.63, 3.8) is 0 Å². The van der Waals surface area contributed by atoms with Crippen molar-refractivity contribution in [1.82, 2.24) is 0 Å². The number of rotatable bonds is 6. The first kappa shape index (κ1) is 17.7. The van der Waals surface area contributed by atoms with Crippen molar-refractivity contribution in [2.75, 3.05) is 12.0 Å². The second kappa shape index (κ2) is 7.87. The van der Waals surface area contributed by atoms with E-state index < -0.39 is 11.2 Å².